The Balaban J connectivity index is 2.13. The van der Waals surface area contributed by atoms with E-state index in [0.717, 1.165) is 11.3 Å². The van der Waals surface area contributed by atoms with Crippen LogP contribution in [0.4, 0.5) is 0 Å². The Morgan fingerprint density at radius 1 is 1.24 bits per heavy atom. The van der Waals surface area contributed by atoms with Gasteiger partial charge in [-0.15, -0.1) is 0 Å². The molecule has 1 unspecified atom stereocenters. The number of aromatic carboxylic acids is 1. The number of carbonyl (C=O) groups is 2. The van der Waals surface area contributed by atoms with Crippen LogP contribution >= 0.6 is 0 Å². The van der Waals surface area contributed by atoms with Crippen molar-refractivity contribution in [2.24, 2.45) is 0 Å². The van der Waals surface area contributed by atoms with Crippen molar-refractivity contribution >= 4 is 12.3 Å². The summed E-state index contributed by atoms with van der Waals surface area (Å²) in [6, 6.07) is 13.4. The zero-order valence-electron chi connectivity index (χ0n) is 14.1. The third-order valence-electron chi connectivity index (χ3n) is 4.26. The van der Waals surface area contributed by atoms with Gasteiger partial charge in [-0.3, -0.25) is 4.79 Å². The highest BCUT2D eigenvalue weighted by Crippen LogP contribution is 2.36. The summed E-state index contributed by atoms with van der Waals surface area (Å²) in [4.78, 5) is 26.1. The highest BCUT2D eigenvalue weighted by molar-refractivity contribution is 6.00. The van der Waals surface area contributed by atoms with E-state index in [2.05, 4.69) is 4.98 Å². The van der Waals surface area contributed by atoms with Crippen molar-refractivity contribution in [2.45, 2.75) is 26.2 Å². The Kier molecular flexibility index (Phi) is 4.57. The fourth-order valence-electron chi connectivity index (χ4n) is 3.18. The lowest BCUT2D eigenvalue weighted by Gasteiger charge is -2.14. The van der Waals surface area contributed by atoms with E-state index in [1.807, 2.05) is 50.2 Å². The minimum absolute atomic E-state index is 0.0162. The highest BCUT2D eigenvalue weighted by Gasteiger charge is 2.28. The molecule has 0 saturated heterocycles. The zero-order valence-corrected chi connectivity index (χ0v) is 14.1. The number of H-pyrrole nitrogens is 1. The van der Waals surface area contributed by atoms with Crippen LogP contribution in [0, 0.1) is 6.92 Å². The van der Waals surface area contributed by atoms with E-state index in [-0.39, 0.29) is 17.2 Å². The summed E-state index contributed by atoms with van der Waals surface area (Å²) in [6.07, 6.45) is 1.20. The summed E-state index contributed by atoms with van der Waals surface area (Å²) < 4.78 is 5.66. The van der Waals surface area contributed by atoms with Crippen LogP contribution in [0.2, 0.25) is 0 Å². The van der Waals surface area contributed by atoms with Crippen molar-refractivity contribution in [1.82, 2.24) is 4.98 Å². The van der Waals surface area contributed by atoms with Gasteiger partial charge in [-0.1, -0.05) is 37.3 Å². The van der Waals surface area contributed by atoms with Crippen LogP contribution in [-0.2, 0) is 6.42 Å². The Bertz CT molecular complexity index is 905. The molecule has 5 nitrogen and oxygen atoms in total. The predicted octanol–water partition coefficient (Wildman–Crippen LogP) is 4.44. The number of rotatable bonds is 6. The summed E-state index contributed by atoms with van der Waals surface area (Å²) in [5.74, 6) is 0.0143. The molecule has 0 aliphatic rings. The molecule has 0 aliphatic carbocycles. The fraction of sp³-hybridized carbons (Fsp3) is 0.200. The summed E-state index contributed by atoms with van der Waals surface area (Å²) in [6.45, 7) is 3.77. The normalized spacial score (nSPS) is 12.1. The maximum atomic E-state index is 11.8. The van der Waals surface area contributed by atoms with Crippen molar-refractivity contribution < 1.29 is 19.1 Å². The molecule has 0 aliphatic heterocycles. The molecule has 0 bridgehead atoms. The number of aldehydes is 1. The molecule has 0 fully saturated rings. The van der Waals surface area contributed by atoms with E-state index in [0.29, 0.717) is 29.7 Å². The van der Waals surface area contributed by atoms with Crippen LogP contribution in [0.25, 0.3) is 11.5 Å². The second-order valence-corrected chi connectivity index (χ2v) is 6.13. The molecule has 25 heavy (non-hydrogen) atoms. The number of furan rings is 1. The molecule has 1 aromatic carbocycles. The number of benzene rings is 1. The van der Waals surface area contributed by atoms with Gasteiger partial charge in [0.15, 0.2) is 12.0 Å². The lowest BCUT2D eigenvalue weighted by Crippen LogP contribution is -2.08. The molecule has 0 spiro atoms. The number of hydrogen-bond acceptors (Lipinski definition) is 3. The van der Waals surface area contributed by atoms with Gasteiger partial charge in [0.25, 0.3) is 0 Å². The number of nitrogens with one attached hydrogen (secondary N) is 1. The number of hydrogen-bond donors (Lipinski definition) is 2. The Labute approximate surface area is 145 Å². The lowest BCUT2D eigenvalue weighted by molar-refractivity contribution is 0.0692. The van der Waals surface area contributed by atoms with E-state index >= 15 is 0 Å². The number of aromatic nitrogens is 1. The molecule has 128 valence electrons. The Morgan fingerprint density at radius 2 is 1.96 bits per heavy atom. The molecule has 3 rings (SSSR count). The fourth-order valence-corrected chi connectivity index (χ4v) is 3.18. The van der Waals surface area contributed by atoms with Gasteiger partial charge in [0.05, 0.1) is 17.0 Å². The Hall–Kier alpha value is -3.08. The molecule has 3 aromatic rings. The van der Waals surface area contributed by atoms with Crippen LogP contribution in [0.1, 0.15) is 50.6 Å². The van der Waals surface area contributed by atoms with E-state index < -0.39 is 5.97 Å². The third-order valence-corrected chi connectivity index (χ3v) is 4.26. The second kappa shape index (κ2) is 6.81. The van der Waals surface area contributed by atoms with E-state index in [4.69, 9.17) is 4.42 Å². The molecule has 1 atom stereocenters. The first-order valence-corrected chi connectivity index (χ1v) is 8.06. The van der Waals surface area contributed by atoms with Crippen molar-refractivity contribution in [3.8, 4) is 11.5 Å². The third kappa shape index (κ3) is 3.26. The average molecular weight is 337 g/mol. The van der Waals surface area contributed by atoms with Gasteiger partial charge < -0.3 is 14.5 Å². The summed E-state index contributed by atoms with van der Waals surface area (Å²) in [5, 5.41) is 9.65. The lowest BCUT2D eigenvalue weighted by atomic mass is 9.89. The molecule has 0 amide bonds. The molecular weight excluding hydrogens is 318 g/mol. The molecule has 0 saturated carbocycles. The first-order valence-electron chi connectivity index (χ1n) is 8.06. The van der Waals surface area contributed by atoms with E-state index in [9.17, 15) is 14.7 Å². The number of aromatic amines is 1. The van der Waals surface area contributed by atoms with Crippen molar-refractivity contribution in [1.29, 1.82) is 0 Å². The van der Waals surface area contributed by atoms with Crippen LogP contribution in [0.5, 0.6) is 0 Å². The predicted molar refractivity (Wildman–Crippen MR) is 94.1 cm³/mol. The van der Waals surface area contributed by atoms with E-state index in [1.165, 1.54) is 0 Å². The maximum absolute atomic E-state index is 11.8. The van der Waals surface area contributed by atoms with Crippen LogP contribution in [0.15, 0.2) is 46.9 Å². The zero-order chi connectivity index (χ0) is 18.0. The quantitative estimate of drug-likeness (QED) is 0.651. The van der Waals surface area contributed by atoms with Gasteiger partial charge in [-0.2, -0.15) is 0 Å². The van der Waals surface area contributed by atoms with Gasteiger partial charge in [-0.05, 0) is 42.5 Å². The number of carboxylic acid groups (broad SMARTS) is 1. The van der Waals surface area contributed by atoms with Crippen LogP contribution < -0.4 is 0 Å². The van der Waals surface area contributed by atoms with Gasteiger partial charge in [0.1, 0.15) is 5.76 Å². The maximum Gasteiger partial charge on any atom is 0.338 e. The SMILES string of the molecule is Cc1ccc(-c2[nH]c(C=O)c(C(=O)O)c2C(C)Cc2ccccc2)o1. The molecular formula is C20H19NO4. The first kappa shape index (κ1) is 16.8. The van der Waals surface area contributed by atoms with Crippen LogP contribution in [-0.4, -0.2) is 22.3 Å². The smallest absolute Gasteiger partial charge is 0.338 e. The van der Waals surface area contributed by atoms with Crippen LogP contribution in [0.3, 0.4) is 0 Å². The average Bonchev–Trinajstić information content (AvgIpc) is 3.19. The molecule has 2 aromatic heterocycles. The van der Waals surface area contributed by atoms with Crippen molar-refractivity contribution in [2.75, 3.05) is 0 Å². The second-order valence-electron chi connectivity index (χ2n) is 6.13. The van der Waals surface area contributed by atoms with E-state index in [1.54, 1.807) is 6.07 Å². The monoisotopic (exact) mass is 337 g/mol. The number of carboxylic acids is 1. The molecule has 5 heteroatoms. The van der Waals surface area contributed by atoms with Crippen molar-refractivity contribution in [3.63, 3.8) is 0 Å². The van der Waals surface area contributed by atoms with Gasteiger partial charge in [0, 0.05) is 0 Å². The summed E-state index contributed by atoms with van der Waals surface area (Å²) in [5.41, 5.74) is 2.32. The molecule has 2 N–H and O–H groups in total. The Morgan fingerprint density at radius 3 is 2.52 bits per heavy atom. The first-order chi connectivity index (χ1) is 12.0. The molecule has 0 radical (unpaired) electrons. The van der Waals surface area contributed by atoms with Gasteiger partial charge >= 0.3 is 5.97 Å². The van der Waals surface area contributed by atoms with Gasteiger partial charge in [-0.25, -0.2) is 4.79 Å². The summed E-state index contributed by atoms with van der Waals surface area (Å²) in [7, 11) is 0. The number of carbonyl (C=O) groups excluding carboxylic acids is 1. The standard InChI is InChI=1S/C20H19NO4/c1-12(10-14-6-4-3-5-7-14)17-18(20(23)24)15(11-22)21-19(17)16-9-8-13(2)25-16/h3-9,11-12,21H,10H2,1-2H3,(H,23,24). The summed E-state index contributed by atoms with van der Waals surface area (Å²) >= 11 is 0. The van der Waals surface area contributed by atoms with Gasteiger partial charge in [0.2, 0.25) is 0 Å². The molecule has 2 heterocycles. The topological polar surface area (TPSA) is 83.3 Å². The van der Waals surface area contributed by atoms with Crippen molar-refractivity contribution in [3.05, 3.63) is 70.6 Å². The largest absolute Gasteiger partial charge is 0.478 e. The minimum atomic E-state index is -1.12. The number of aryl methyl sites for hydroxylation is 1. The highest BCUT2D eigenvalue weighted by atomic mass is 16.4. The minimum Gasteiger partial charge on any atom is -0.478 e.